The van der Waals surface area contributed by atoms with E-state index in [9.17, 15) is 9.59 Å². The smallest absolute Gasteiger partial charge is 0.306 e. The van der Waals surface area contributed by atoms with Crippen molar-refractivity contribution >= 4 is 11.9 Å². The summed E-state index contributed by atoms with van der Waals surface area (Å²) in [6, 6.07) is 0. The monoisotopic (exact) mass is 794 g/mol. The van der Waals surface area contributed by atoms with Crippen molar-refractivity contribution in [2.45, 2.75) is 277 Å². The van der Waals surface area contributed by atoms with E-state index in [-0.39, 0.29) is 18.0 Å². The number of esters is 2. The molecule has 334 valence electrons. The first-order valence-electron chi connectivity index (χ1n) is 25.3. The Morgan fingerprint density at radius 3 is 1.20 bits per heavy atom. The number of unbranched alkanes of at least 4 members (excludes halogenated alkanes) is 29. The van der Waals surface area contributed by atoms with E-state index in [1.165, 1.54) is 173 Å². The molecular weight excluding hydrogens is 695 g/mol. The number of nitrogens with zero attached hydrogens (tertiary/aromatic N) is 1. The highest BCUT2D eigenvalue weighted by Crippen LogP contribution is 2.19. The van der Waals surface area contributed by atoms with Gasteiger partial charge in [0.15, 0.2) is 0 Å². The van der Waals surface area contributed by atoms with Crippen LogP contribution in [0.25, 0.3) is 0 Å². The Morgan fingerprint density at radius 2 is 0.750 bits per heavy atom. The van der Waals surface area contributed by atoms with Crippen LogP contribution in [0.1, 0.15) is 271 Å². The minimum atomic E-state index is -0.0166. The van der Waals surface area contributed by atoms with Crippen molar-refractivity contribution < 1.29 is 24.2 Å². The average Bonchev–Trinajstić information content (AvgIpc) is 3.19. The largest absolute Gasteiger partial charge is 0.466 e. The van der Waals surface area contributed by atoms with Crippen LogP contribution in [-0.2, 0) is 19.1 Å². The van der Waals surface area contributed by atoms with Gasteiger partial charge in [0.1, 0.15) is 6.10 Å². The van der Waals surface area contributed by atoms with E-state index in [1.54, 1.807) is 0 Å². The minimum absolute atomic E-state index is 0.0166. The maximum atomic E-state index is 12.8. The highest BCUT2D eigenvalue weighted by molar-refractivity contribution is 5.69. The molecule has 0 amide bonds. The SMILES string of the molecule is CCCCCCCCCCCOC(=O)CCCCCN(CCCCCCCCO)CCCCCCCC(=O)OC(CCCCCCCC)CCCCCCCC. The normalized spacial score (nSPS) is 11.6. The lowest BCUT2D eigenvalue weighted by Crippen LogP contribution is -2.27. The van der Waals surface area contributed by atoms with Gasteiger partial charge in [0.05, 0.1) is 6.61 Å². The van der Waals surface area contributed by atoms with Gasteiger partial charge >= 0.3 is 11.9 Å². The number of aliphatic hydroxyl groups excluding tert-OH is 1. The number of carbonyl (C=O) groups excluding carboxylic acids is 2. The molecule has 0 aromatic carbocycles. The second kappa shape index (κ2) is 46.5. The summed E-state index contributed by atoms with van der Waals surface area (Å²) < 4.78 is 11.6. The third-order valence-corrected chi connectivity index (χ3v) is 11.7. The summed E-state index contributed by atoms with van der Waals surface area (Å²) in [4.78, 5) is 27.7. The number of carbonyl (C=O) groups is 2. The molecule has 0 unspecified atom stereocenters. The lowest BCUT2D eigenvalue weighted by atomic mass is 10.0. The fraction of sp³-hybridized carbons (Fsp3) is 0.960. The van der Waals surface area contributed by atoms with Crippen LogP contribution in [0.15, 0.2) is 0 Å². The van der Waals surface area contributed by atoms with Gasteiger partial charge in [-0.3, -0.25) is 9.59 Å². The predicted octanol–water partition coefficient (Wildman–Crippen LogP) is 15.0. The van der Waals surface area contributed by atoms with E-state index in [1.807, 2.05) is 0 Å². The number of hydrogen-bond donors (Lipinski definition) is 1. The molecule has 0 rings (SSSR count). The van der Waals surface area contributed by atoms with Crippen molar-refractivity contribution in [2.75, 3.05) is 32.8 Å². The van der Waals surface area contributed by atoms with Crippen molar-refractivity contribution in [3.05, 3.63) is 0 Å². The Morgan fingerprint density at radius 1 is 0.411 bits per heavy atom. The van der Waals surface area contributed by atoms with Crippen LogP contribution in [0.3, 0.4) is 0 Å². The van der Waals surface area contributed by atoms with E-state index in [0.29, 0.717) is 26.1 Å². The molecule has 0 aliphatic heterocycles. The van der Waals surface area contributed by atoms with Crippen LogP contribution in [0.2, 0.25) is 0 Å². The van der Waals surface area contributed by atoms with Gasteiger partial charge in [-0.1, -0.05) is 188 Å². The van der Waals surface area contributed by atoms with E-state index < -0.39 is 0 Å². The molecule has 6 nitrogen and oxygen atoms in total. The summed E-state index contributed by atoms with van der Waals surface area (Å²) in [6.07, 6.45) is 46.2. The molecule has 0 aromatic heterocycles. The maximum absolute atomic E-state index is 12.8. The van der Waals surface area contributed by atoms with Crippen molar-refractivity contribution in [3.8, 4) is 0 Å². The number of rotatable bonds is 47. The number of hydrogen-bond acceptors (Lipinski definition) is 6. The van der Waals surface area contributed by atoms with Crippen LogP contribution < -0.4 is 0 Å². The standard InChI is InChI=1S/C50H99NO5/c1-4-7-10-13-16-17-20-28-38-47-55-49(53)41-33-29-36-45-51(43-34-25-18-19-27-37-46-52)44-35-26-21-24-32-42-50(54)56-48(39-30-22-14-11-8-5-2)40-31-23-15-12-9-6-3/h48,52H,4-47H2,1-3H3. The van der Waals surface area contributed by atoms with Gasteiger partial charge in [-0.05, 0) is 90.3 Å². The zero-order chi connectivity index (χ0) is 40.8. The highest BCUT2D eigenvalue weighted by atomic mass is 16.5. The van der Waals surface area contributed by atoms with Gasteiger partial charge in [0.2, 0.25) is 0 Å². The topological polar surface area (TPSA) is 76.1 Å². The van der Waals surface area contributed by atoms with E-state index in [0.717, 1.165) is 83.8 Å². The summed E-state index contributed by atoms with van der Waals surface area (Å²) in [6.45, 7) is 11.1. The molecule has 0 atom stereocenters. The van der Waals surface area contributed by atoms with E-state index >= 15 is 0 Å². The van der Waals surface area contributed by atoms with Gasteiger partial charge in [0, 0.05) is 19.4 Å². The van der Waals surface area contributed by atoms with Crippen LogP contribution in [-0.4, -0.2) is 60.9 Å². The van der Waals surface area contributed by atoms with Crippen LogP contribution in [0.5, 0.6) is 0 Å². The second-order valence-corrected chi connectivity index (χ2v) is 17.3. The summed E-state index contributed by atoms with van der Waals surface area (Å²) in [5.41, 5.74) is 0. The molecule has 0 heterocycles. The molecule has 0 radical (unpaired) electrons. The van der Waals surface area contributed by atoms with E-state index in [2.05, 4.69) is 25.7 Å². The first-order valence-corrected chi connectivity index (χ1v) is 25.3. The summed E-state index contributed by atoms with van der Waals surface area (Å²) >= 11 is 0. The van der Waals surface area contributed by atoms with Crippen LogP contribution in [0.4, 0.5) is 0 Å². The molecule has 0 fully saturated rings. The van der Waals surface area contributed by atoms with E-state index in [4.69, 9.17) is 14.6 Å². The minimum Gasteiger partial charge on any atom is -0.466 e. The summed E-state index contributed by atoms with van der Waals surface area (Å²) in [5.74, 6) is 0.0126. The molecule has 0 bridgehead atoms. The Kier molecular flexibility index (Phi) is 45.6. The first kappa shape index (κ1) is 54.9. The zero-order valence-electron chi connectivity index (χ0n) is 38.2. The van der Waals surface area contributed by atoms with Crippen LogP contribution >= 0.6 is 0 Å². The van der Waals surface area contributed by atoms with Gasteiger partial charge in [-0.2, -0.15) is 0 Å². The Hall–Kier alpha value is -1.14. The van der Waals surface area contributed by atoms with Crippen molar-refractivity contribution in [1.82, 2.24) is 4.90 Å². The lowest BCUT2D eigenvalue weighted by Gasteiger charge is -2.22. The van der Waals surface area contributed by atoms with Crippen molar-refractivity contribution in [1.29, 1.82) is 0 Å². The fourth-order valence-electron chi connectivity index (χ4n) is 7.89. The van der Waals surface area contributed by atoms with Crippen LogP contribution in [0, 0.1) is 0 Å². The molecular formula is C50H99NO5. The van der Waals surface area contributed by atoms with Crippen molar-refractivity contribution in [2.24, 2.45) is 0 Å². The quantitative estimate of drug-likeness (QED) is 0.0488. The molecule has 0 saturated heterocycles. The van der Waals surface area contributed by atoms with Gasteiger partial charge in [-0.15, -0.1) is 0 Å². The molecule has 0 saturated carbocycles. The second-order valence-electron chi connectivity index (χ2n) is 17.3. The average molecular weight is 794 g/mol. The van der Waals surface area contributed by atoms with Gasteiger partial charge in [0.25, 0.3) is 0 Å². The third kappa shape index (κ3) is 42.5. The molecule has 0 aliphatic carbocycles. The summed E-state index contributed by atoms with van der Waals surface area (Å²) in [7, 11) is 0. The number of aliphatic hydroxyl groups is 1. The van der Waals surface area contributed by atoms with Gasteiger partial charge in [-0.25, -0.2) is 0 Å². The first-order chi connectivity index (χ1) is 27.6. The predicted molar refractivity (Wildman–Crippen MR) is 241 cm³/mol. The zero-order valence-corrected chi connectivity index (χ0v) is 38.2. The Bertz CT molecular complexity index is 775. The number of ether oxygens (including phenoxy) is 2. The molecule has 1 N–H and O–H groups in total. The molecule has 0 spiro atoms. The highest BCUT2D eigenvalue weighted by Gasteiger charge is 2.14. The van der Waals surface area contributed by atoms with Crippen molar-refractivity contribution in [3.63, 3.8) is 0 Å². The Labute approximate surface area is 350 Å². The molecule has 6 heteroatoms. The summed E-state index contributed by atoms with van der Waals surface area (Å²) in [5, 5.41) is 9.05. The van der Waals surface area contributed by atoms with Gasteiger partial charge < -0.3 is 19.5 Å². The fourth-order valence-corrected chi connectivity index (χ4v) is 7.89. The lowest BCUT2D eigenvalue weighted by molar-refractivity contribution is -0.150. The molecule has 0 aliphatic rings. The third-order valence-electron chi connectivity index (χ3n) is 11.7. The molecule has 0 aromatic rings. The maximum Gasteiger partial charge on any atom is 0.306 e. The Balaban J connectivity index is 4.32. The molecule has 56 heavy (non-hydrogen) atoms.